The van der Waals surface area contributed by atoms with Gasteiger partial charge in [0.25, 0.3) is 5.91 Å². The average molecular weight is 421 g/mol. The molecule has 0 fully saturated rings. The predicted octanol–water partition coefficient (Wildman–Crippen LogP) is 4.69. The zero-order valence-electron chi connectivity index (χ0n) is 16.7. The van der Waals surface area contributed by atoms with E-state index < -0.39 is 0 Å². The highest BCUT2D eigenvalue weighted by atomic mass is 35.5. The van der Waals surface area contributed by atoms with E-state index in [2.05, 4.69) is 15.4 Å². The molecule has 0 unspecified atom stereocenters. The summed E-state index contributed by atoms with van der Waals surface area (Å²) in [6.07, 6.45) is 3.32. The van der Waals surface area contributed by atoms with Gasteiger partial charge in [-0.2, -0.15) is 5.10 Å². The third-order valence-corrected chi connectivity index (χ3v) is 5.09. The lowest BCUT2D eigenvalue weighted by Crippen LogP contribution is -2.25. The van der Waals surface area contributed by atoms with Gasteiger partial charge >= 0.3 is 0 Å². The first-order valence-corrected chi connectivity index (χ1v) is 10.0. The Kier molecular flexibility index (Phi) is 5.68. The molecule has 0 saturated heterocycles. The molecule has 1 N–H and O–H groups in total. The first kappa shape index (κ1) is 19.9. The van der Waals surface area contributed by atoms with Crippen LogP contribution in [0.1, 0.15) is 28.5 Å². The maximum atomic E-state index is 12.8. The zero-order chi connectivity index (χ0) is 21.1. The SMILES string of the molecule is CCOc1ccccc1CNC(=O)c1cnc2c(-c3cccc(Cl)c3)cnn2c1C. The van der Waals surface area contributed by atoms with Gasteiger partial charge in [-0.1, -0.05) is 41.9 Å². The van der Waals surface area contributed by atoms with Crippen LogP contribution in [0.3, 0.4) is 0 Å². The van der Waals surface area contributed by atoms with Crippen molar-refractivity contribution in [2.24, 2.45) is 0 Å². The lowest BCUT2D eigenvalue weighted by molar-refractivity contribution is 0.0949. The fraction of sp³-hybridized carbons (Fsp3) is 0.174. The van der Waals surface area contributed by atoms with Crippen LogP contribution >= 0.6 is 11.6 Å². The Hall–Kier alpha value is -3.38. The number of aryl methyl sites for hydroxylation is 1. The third-order valence-electron chi connectivity index (χ3n) is 4.86. The predicted molar refractivity (Wildman–Crippen MR) is 117 cm³/mol. The number of carbonyl (C=O) groups excluding carboxylic acids is 1. The molecular formula is C23H21ClN4O2. The van der Waals surface area contributed by atoms with Gasteiger partial charge in [-0.25, -0.2) is 9.50 Å². The molecule has 2 heterocycles. The van der Waals surface area contributed by atoms with Crippen LogP contribution in [0.15, 0.2) is 60.9 Å². The summed E-state index contributed by atoms with van der Waals surface area (Å²) >= 11 is 6.12. The Labute approximate surface area is 179 Å². The highest BCUT2D eigenvalue weighted by Gasteiger charge is 2.17. The monoisotopic (exact) mass is 420 g/mol. The molecule has 0 bridgehead atoms. The maximum absolute atomic E-state index is 12.8. The second kappa shape index (κ2) is 8.55. The largest absolute Gasteiger partial charge is 0.494 e. The van der Waals surface area contributed by atoms with E-state index in [9.17, 15) is 4.79 Å². The van der Waals surface area contributed by atoms with Crippen molar-refractivity contribution in [2.75, 3.05) is 6.61 Å². The van der Waals surface area contributed by atoms with Crippen LogP contribution in [0.2, 0.25) is 5.02 Å². The summed E-state index contributed by atoms with van der Waals surface area (Å²) in [5.74, 6) is 0.553. The first-order valence-electron chi connectivity index (χ1n) is 9.66. The summed E-state index contributed by atoms with van der Waals surface area (Å²) in [7, 11) is 0. The molecule has 0 atom stereocenters. The van der Waals surface area contributed by atoms with E-state index >= 15 is 0 Å². The van der Waals surface area contributed by atoms with E-state index in [1.54, 1.807) is 16.9 Å². The van der Waals surface area contributed by atoms with E-state index in [0.29, 0.717) is 35.1 Å². The van der Waals surface area contributed by atoms with Gasteiger partial charge < -0.3 is 10.1 Å². The van der Waals surface area contributed by atoms with Crippen LogP contribution in [0, 0.1) is 6.92 Å². The van der Waals surface area contributed by atoms with Crippen LogP contribution in [0.25, 0.3) is 16.8 Å². The molecule has 2 aromatic carbocycles. The fourth-order valence-electron chi connectivity index (χ4n) is 3.34. The van der Waals surface area contributed by atoms with Crippen LogP contribution in [-0.2, 0) is 6.54 Å². The number of nitrogens with one attached hydrogen (secondary N) is 1. The molecule has 4 rings (SSSR count). The summed E-state index contributed by atoms with van der Waals surface area (Å²) < 4.78 is 7.30. The summed E-state index contributed by atoms with van der Waals surface area (Å²) in [6, 6.07) is 15.2. The number of para-hydroxylation sites is 1. The second-order valence-electron chi connectivity index (χ2n) is 6.78. The molecule has 2 aromatic heterocycles. The maximum Gasteiger partial charge on any atom is 0.254 e. The molecule has 30 heavy (non-hydrogen) atoms. The summed E-state index contributed by atoms with van der Waals surface area (Å²) in [4.78, 5) is 17.3. The van der Waals surface area contributed by atoms with E-state index in [1.165, 1.54) is 0 Å². The number of aromatic nitrogens is 3. The van der Waals surface area contributed by atoms with E-state index in [1.807, 2.05) is 62.4 Å². The molecule has 0 aliphatic rings. The molecule has 0 aliphatic carbocycles. The Bertz CT molecular complexity index is 1220. The van der Waals surface area contributed by atoms with Gasteiger partial charge in [-0.15, -0.1) is 0 Å². The first-order chi connectivity index (χ1) is 14.6. The average Bonchev–Trinajstić information content (AvgIpc) is 3.18. The number of hydrogen-bond acceptors (Lipinski definition) is 4. The Balaban J connectivity index is 1.59. The van der Waals surface area contributed by atoms with E-state index in [4.69, 9.17) is 16.3 Å². The Morgan fingerprint density at radius 1 is 1.17 bits per heavy atom. The van der Waals surface area contributed by atoms with Gasteiger partial charge in [0.15, 0.2) is 5.65 Å². The van der Waals surface area contributed by atoms with Crippen molar-refractivity contribution in [1.82, 2.24) is 19.9 Å². The lowest BCUT2D eigenvalue weighted by Gasteiger charge is -2.12. The van der Waals surface area contributed by atoms with Crippen LogP contribution in [0.4, 0.5) is 0 Å². The minimum Gasteiger partial charge on any atom is -0.494 e. The molecule has 0 spiro atoms. The molecule has 6 nitrogen and oxygen atoms in total. The summed E-state index contributed by atoms with van der Waals surface area (Å²) in [6.45, 7) is 4.71. The normalized spacial score (nSPS) is 10.9. The van der Waals surface area contributed by atoms with E-state index in [0.717, 1.165) is 22.4 Å². The topological polar surface area (TPSA) is 68.5 Å². The quantitative estimate of drug-likeness (QED) is 0.491. The van der Waals surface area contributed by atoms with Crippen LogP contribution in [-0.4, -0.2) is 27.1 Å². The van der Waals surface area contributed by atoms with Crippen LogP contribution < -0.4 is 10.1 Å². The smallest absolute Gasteiger partial charge is 0.254 e. The van der Waals surface area contributed by atoms with E-state index in [-0.39, 0.29) is 5.91 Å². The number of halogens is 1. The van der Waals surface area contributed by atoms with Crippen molar-refractivity contribution < 1.29 is 9.53 Å². The standard InChI is InChI=1S/C23H21ClN4O2/c1-3-30-21-10-5-4-7-17(21)12-26-23(29)19-13-25-22-20(14-27-28(22)15(19)2)16-8-6-9-18(24)11-16/h4-11,13-14H,3,12H2,1-2H3,(H,26,29). The number of carbonyl (C=O) groups is 1. The number of amides is 1. The van der Waals surface area contributed by atoms with Gasteiger partial charge in [-0.05, 0) is 37.6 Å². The summed E-state index contributed by atoms with van der Waals surface area (Å²) in [5, 5.41) is 8.03. The molecule has 152 valence electrons. The highest BCUT2D eigenvalue weighted by molar-refractivity contribution is 6.30. The number of benzene rings is 2. The van der Waals surface area contributed by atoms with Crippen LogP contribution in [0.5, 0.6) is 5.75 Å². The molecular weight excluding hydrogens is 400 g/mol. The minimum atomic E-state index is -0.215. The number of ether oxygens (including phenoxy) is 1. The Morgan fingerprint density at radius 3 is 2.80 bits per heavy atom. The molecule has 0 aliphatic heterocycles. The van der Waals surface area contributed by atoms with Gasteiger partial charge in [-0.3, -0.25) is 4.79 Å². The van der Waals surface area contributed by atoms with Crippen molar-refractivity contribution >= 4 is 23.2 Å². The third kappa shape index (κ3) is 3.86. The van der Waals surface area contributed by atoms with Crippen molar-refractivity contribution in [3.05, 3.63) is 82.8 Å². The molecule has 0 saturated carbocycles. The molecule has 0 radical (unpaired) electrons. The van der Waals surface area contributed by atoms with Gasteiger partial charge in [0.05, 0.1) is 24.1 Å². The molecule has 4 aromatic rings. The number of hydrogen-bond donors (Lipinski definition) is 1. The van der Waals surface area contributed by atoms with Crippen molar-refractivity contribution in [3.63, 3.8) is 0 Å². The van der Waals surface area contributed by atoms with Gasteiger partial charge in [0, 0.05) is 28.9 Å². The zero-order valence-corrected chi connectivity index (χ0v) is 17.5. The van der Waals surface area contributed by atoms with Crippen molar-refractivity contribution in [2.45, 2.75) is 20.4 Å². The second-order valence-corrected chi connectivity index (χ2v) is 7.22. The highest BCUT2D eigenvalue weighted by Crippen LogP contribution is 2.27. The number of fused-ring (bicyclic) bond motifs is 1. The minimum absolute atomic E-state index is 0.215. The van der Waals surface area contributed by atoms with Crippen molar-refractivity contribution in [3.8, 4) is 16.9 Å². The number of nitrogens with zero attached hydrogens (tertiary/aromatic N) is 3. The fourth-order valence-corrected chi connectivity index (χ4v) is 3.53. The molecule has 7 heteroatoms. The summed E-state index contributed by atoms with van der Waals surface area (Å²) in [5.41, 5.74) is 4.56. The lowest BCUT2D eigenvalue weighted by atomic mass is 10.1. The van der Waals surface area contributed by atoms with Gasteiger partial charge in [0.2, 0.25) is 0 Å². The van der Waals surface area contributed by atoms with Crippen molar-refractivity contribution in [1.29, 1.82) is 0 Å². The van der Waals surface area contributed by atoms with Gasteiger partial charge in [0.1, 0.15) is 5.75 Å². The number of rotatable bonds is 6. The molecule has 1 amide bonds. The Morgan fingerprint density at radius 2 is 2.00 bits per heavy atom.